The van der Waals surface area contributed by atoms with Gasteiger partial charge in [-0.25, -0.2) is 4.98 Å². The van der Waals surface area contributed by atoms with Crippen molar-refractivity contribution in [3.63, 3.8) is 0 Å². The predicted molar refractivity (Wildman–Crippen MR) is 83.7 cm³/mol. The van der Waals surface area contributed by atoms with Crippen LogP contribution in [0.25, 0.3) is 0 Å². The number of pyridine rings is 1. The molecular weight excluding hydrogens is 284 g/mol. The van der Waals surface area contributed by atoms with Crippen LogP contribution in [0.4, 0.5) is 0 Å². The topological polar surface area (TPSA) is 42.0 Å². The Hall–Kier alpha value is -1.87. The van der Waals surface area contributed by atoms with Crippen LogP contribution >= 0.6 is 11.6 Å². The summed E-state index contributed by atoms with van der Waals surface area (Å²) in [5, 5.41) is 3.40. The van der Waals surface area contributed by atoms with Gasteiger partial charge in [0.1, 0.15) is 5.15 Å². The first kappa shape index (κ1) is 14.1. The molecule has 3 nitrogen and oxygen atoms in total. The third-order valence-corrected chi connectivity index (χ3v) is 4.22. The SMILES string of the molecule is O=C(NCC1CCCc2ccccc21)c1ccc(Cl)nc1. The molecule has 0 bridgehead atoms. The van der Waals surface area contributed by atoms with Crippen LogP contribution in [-0.2, 0) is 6.42 Å². The first-order valence-corrected chi connectivity index (χ1v) is 7.59. The van der Waals surface area contributed by atoms with Crippen LogP contribution in [0.1, 0.15) is 40.2 Å². The summed E-state index contributed by atoms with van der Waals surface area (Å²) >= 11 is 5.73. The normalized spacial score (nSPS) is 17.1. The third kappa shape index (κ3) is 3.24. The fourth-order valence-electron chi connectivity index (χ4n) is 2.89. The van der Waals surface area contributed by atoms with Crippen molar-refractivity contribution in [1.82, 2.24) is 10.3 Å². The Bertz CT molecular complexity index is 639. The van der Waals surface area contributed by atoms with E-state index in [9.17, 15) is 4.79 Å². The van der Waals surface area contributed by atoms with Gasteiger partial charge in [-0.15, -0.1) is 0 Å². The highest BCUT2D eigenvalue weighted by atomic mass is 35.5. The second-order valence-corrected chi connectivity index (χ2v) is 5.75. The molecule has 21 heavy (non-hydrogen) atoms. The van der Waals surface area contributed by atoms with Gasteiger partial charge in [-0.3, -0.25) is 4.79 Å². The molecule has 1 aromatic heterocycles. The molecule has 0 saturated carbocycles. The maximum atomic E-state index is 12.1. The number of hydrogen-bond acceptors (Lipinski definition) is 2. The Balaban J connectivity index is 1.66. The van der Waals surface area contributed by atoms with E-state index < -0.39 is 0 Å². The van der Waals surface area contributed by atoms with Gasteiger partial charge >= 0.3 is 0 Å². The number of aryl methyl sites for hydroxylation is 1. The van der Waals surface area contributed by atoms with Gasteiger partial charge < -0.3 is 5.32 Å². The number of rotatable bonds is 3. The number of amides is 1. The number of nitrogens with zero attached hydrogens (tertiary/aromatic N) is 1. The minimum atomic E-state index is -0.0952. The number of nitrogens with one attached hydrogen (secondary N) is 1. The average Bonchev–Trinajstić information content (AvgIpc) is 2.53. The van der Waals surface area contributed by atoms with Gasteiger partial charge in [-0.05, 0) is 42.5 Å². The smallest absolute Gasteiger partial charge is 0.252 e. The molecule has 0 saturated heterocycles. The molecular formula is C17H17ClN2O. The lowest BCUT2D eigenvalue weighted by Gasteiger charge is -2.25. The highest BCUT2D eigenvalue weighted by molar-refractivity contribution is 6.29. The van der Waals surface area contributed by atoms with E-state index in [1.54, 1.807) is 12.1 Å². The van der Waals surface area contributed by atoms with Gasteiger partial charge in [-0.1, -0.05) is 35.9 Å². The standard InChI is InChI=1S/C17H17ClN2O/c18-16-9-8-14(11-19-16)17(21)20-10-13-6-3-5-12-4-1-2-7-15(12)13/h1-2,4,7-9,11,13H,3,5-6,10H2,(H,20,21). The van der Waals surface area contributed by atoms with E-state index in [0.717, 1.165) is 12.8 Å². The maximum Gasteiger partial charge on any atom is 0.252 e. The van der Waals surface area contributed by atoms with Gasteiger partial charge in [0.15, 0.2) is 0 Å². The van der Waals surface area contributed by atoms with Gasteiger partial charge in [0.05, 0.1) is 5.56 Å². The van der Waals surface area contributed by atoms with Gasteiger partial charge in [0.2, 0.25) is 0 Å². The van der Waals surface area contributed by atoms with Crippen molar-refractivity contribution in [2.45, 2.75) is 25.2 Å². The zero-order chi connectivity index (χ0) is 14.7. The number of carbonyl (C=O) groups is 1. The average molecular weight is 301 g/mol. The molecule has 1 aliphatic carbocycles. The van der Waals surface area contributed by atoms with E-state index in [2.05, 4.69) is 34.6 Å². The highest BCUT2D eigenvalue weighted by Crippen LogP contribution is 2.30. The molecule has 0 fully saturated rings. The molecule has 1 unspecified atom stereocenters. The van der Waals surface area contributed by atoms with Gasteiger partial charge in [-0.2, -0.15) is 0 Å². The number of hydrogen-bond donors (Lipinski definition) is 1. The number of carbonyl (C=O) groups excluding carboxylic acids is 1. The van der Waals surface area contributed by atoms with Crippen molar-refractivity contribution in [2.75, 3.05) is 6.54 Å². The summed E-state index contributed by atoms with van der Waals surface area (Å²) in [5.74, 6) is 0.307. The Morgan fingerprint density at radius 2 is 2.14 bits per heavy atom. The molecule has 0 aliphatic heterocycles. The second kappa shape index (κ2) is 6.27. The lowest BCUT2D eigenvalue weighted by molar-refractivity contribution is 0.0950. The van der Waals surface area contributed by atoms with E-state index >= 15 is 0 Å². The second-order valence-electron chi connectivity index (χ2n) is 5.37. The fraction of sp³-hybridized carbons (Fsp3) is 0.294. The van der Waals surface area contributed by atoms with E-state index in [0.29, 0.717) is 23.2 Å². The number of aromatic nitrogens is 1. The summed E-state index contributed by atoms with van der Waals surface area (Å²) in [7, 11) is 0. The van der Waals surface area contributed by atoms with Crippen LogP contribution in [0.5, 0.6) is 0 Å². The molecule has 108 valence electrons. The Morgan fingerprint density at radius 3 is 2.95 bits per heavy atom. The van der Waals surface area contributed by atoms with Gasteiger partial charge in [0.25, 0.3) is 5.91 Å². The summed E-state index contributed by atoms with van der Waals surface area (Å²) in [6, 6.07) is 11.8. The first-order chi connectivity index (χ1) is 10.2. The fourth-order valence-corrected chi connectivity index (χ4v) is 3.01. The van der Waals surface area contributed by atoms with Crippen molar-refractivity contribution >= 4 is 17.5 Å². The minimum absolute atomic E-state index is 0.0952. The zero-order valence-corrected chi connectivity index (χ0v) is 12.4. The molecule has 1 N–H and O–H groups in total. The molecule has 0 radical (unpaired) electrons. The van der Waals surface area contributed by atoms with Crippen LogP contribution in [-0.4, -0.2) is 17.4 Å². The van der Waals surface area contributed by atoms with Gasteiger partial charge in [0, 0.05) is 18.7 Å². The summed E-state index contributed by atoms with van der Waals surface area (Å²) in [6.07, 6.45) is 4.95. The summed E-state index contributed by atoms with van der Waals surface area (Å²) in [5.41, 5.74) is 3.33. The van der Waals surface area contributed by atoms with Crippen molar-refractivity contribution in [3.05, 3.63) is 64.4 Å². The summed E-state index contributed by atoms with van der Waals surface area (Å²) in [6.45, 7) is 0.665. The van der Waals surface area contributed by atoms with Crippen LogP contribution in [0.15, 0.2) is 42.6 Å². The Kier molecular flexibility index (Phi) is 4.20. The molecule has 2 aromatic rings. The molecule has 1 amide bonds. The lowest BCUT2D eigenvalue weighted by Crippen LogP contribution is -2.30. The first-order valence-electron chi connectivity index (χ1n) is 7.21. The molecule has 1 atom stereocenters. The Labute approximate surface area is 129 Å². The van der Waals surface area contributed by atoms with Crippen molar-refractivity contribution in [3.8, 4) is 0 Å². The van der Waals surface area contributed by atoms with E-state index in [4.69, 9.17) is 11.6 Å². The molecule has 1 aromatic carbocycles. The lowest BCUT2D eigenvalue weighted by atomic mass is 9.83. The summed E-state index contributed by atoms with van der Waals surface area (Å²) < 4.78 is 0. The quantitative estimate of drug-likeness (QED) is 0.880. The third-order valence-electron chi connectivity index (χ3n) is 3.99. The molecule has 0 spiro atoms. The molecule has 1 heterocycles. The zero-order valence-electron chi connectivity index (χ0n) is 11.7. The van der Waals surface area contributed by atoms with Crippen LogP contribution in [0, 0.1) is 0 Å². The highest BCUT2D eigenvalue weighted by Gasteiger charge is 2.20. The monoisotopic (exact) mass is 300 g/mol. The molecule has 3 rings (SSSR count). The van der Waals surface area contributed by atoms with Crippen molar-refractivity contribution in [2.24, 2.45) is 0 Å². The van der Waals surface area contributed by atoms with Crippen LogP contribution in [0.3, 0.4) is 0 Å². The number of fused-ring (bicyclic) bond motifs is 1. The number of benzene rings is 1. The van der Waals surface area contributed by atoms with Crippen molar-refractivity contribution in [1.29, 1.82) is 0 Å². The maximum absolute atomic E-state index is 12.1. The van der Waals surface area contributed by atoms with E-state index in [-0.39, 0.29) is 5.91 Å². The van der Waals surface area contributed by atoms with Crippen LogP contribution < -0.4 is 5.32 Å². The molecule has 1 aliphatic rings. The number of halogens is 1. The predicted octanol–water partition coefficient (Wildman–Crippen LogP) is 3.58. The largest absolute Gasteiger partial charge is 0.351 e. The van der Waals surface area contributed by atoms with Crippen molar-refractivity contribution < 1.29 is 4.79 Å². The van der Waals surface area contributed by atoms with Crippen LogP contribution in [0.2, 0.25) is 5.15 Å². The minimum Gasteiger partial charge on any atom is -0.351 e. The Morgan fingerprint density at radius 1 is 1.29 bits per heavy atom. The van der Waals surface area contributed by atoms with E-state index in [1.807, 2.05) is 0 Å². The van der Waals surface area contributed by atoms with E-state index in [1.165, 1.54) is 23.7 Å². The summed E-state index contributed by atoms with van der Waals surface area (Å²) in [4.78, 5) is 16.1. The molecule has 4 heteroatoms.